The van der Waals surface area contributed by atoms with Crippen LogP contribution in [0.15, 0.2) is 42.5 Å². The van der Waals surface area contributed by atoms with Crippen LogP contribution in [0.4, 0.5) is 5.69 Å². The second-order valence-electron chi connectivity index (χ2n) is 7.44. The molecule has 0 fully saturated rings. The molecule has 1 N–H and O–H groups in total. The number of amides is 2. The summed E-state index contributed by atoms with van der Waals surface area (Å²) in [7, 11) is 0. The number of aryl methyl sites for hydroxylation is 1. The normalized spacial score (nSPS) is 10.8. The molecule has 0 radical (unpaired) electrons. The van der Waals surface area contributed by atoms with E-state index in [1.54, 1.807) is 52.0 Å². The molecule has 0 aliphatic heterocycles. The third-order valence-corrected chi connectivity index (χ3v) is 5.90. The zero-order valence-electron chi connectivity index (χ0n) is 18.6. The van der Waals surface area contributed by atoms with Crippen molar-refractivity contribution in [2.24, 2.45) is 0 Å². The molecule has 168 valence electrons. The summed E-state index contributed by atoms with van der Waals surface area (Å²) in [6.45, 7) is 8.90. The summed E-state index contributed by atoms with van der Waals surface area (Å²) in [4.78, 5) is 27.1. The van der Waals surface area contributed by atoms with Crippen LogP contribution in [0.3, 0.4) is 0 Å². The molecule has 0 saturated carbocycles. The standard InChI is InChI=1S/C24H26Cl2N4O2/c1-5-29(6-2)24(32)17-8-7-9-19(12-17)27-23(31)14-20-15(3)28-30(16(20)4)22-11-10-18(25)13-21(22)26/h7-13H,5-6,14H2,1-4H3,(H,27,31). The van der Waals surface area contributed by atoms with Crippen LogP contribution in [0.2, 0.25) is 10.0 Å². The predicted molar refractivity (Wildman–Crippen MR) is 129 cm³/mol. The van der Waals surface area contributed by atoms with Crippen molar-refractivity contribution in [2.75, 3.05) is 18.4 Å². The van der Waals surface area contributed by atoms with Crippen molar-refractivity contribution in [3.63, 3.8) is 0 Å². The van der Waals surface area contributed by atoms with Gasteiger partial charge in [0.1, 0.15) is 0 Å². The van der Waals surface area contributed by atoms with Gasteiger partial charge in [0, 0.05) is 40.6 Å². The van der Waals surface area contributed by atoms with Crippen molar-refractivity contribution in [2.45, 2.75) is 34.1 Å². The molecule has 2 amide bonds. The minimum atomic E-state index is -0.189. The first-order chi connectivity index (χ1) is 15.2. The fraction of sp³-hybridized carbons (Fsp3) is 0.292. The number of benzene rings is 2. The van der Waals surface area contributed by atoms with E-state index in [0.29, 0.717) is 40.1 Å². The Morgan fingerprint density at radius 1 is 1.06 bits per heavy atom. The number of rotatable bonds is 7. The lowest BCUT2D eigenvalue weighted by Gasteiger charge is -2.19. The number of anilines is 1. The fourth-order valence-electron chi connectivity index (χ4n) is 3.61. The van der Waals surface area contributed by atoms with E-state index >= 15 is 0 Å². The summed E-state index contributed by atoms with van der Waals surface area (Å²) in [6, 6.07) is 12.2. The first-order valence-electron chi connectivity index (χ1n) is 10.4. The third-order valence-electron chi connectivity index (χ3n) is 5.36. The first-order valence-corrected chi connectivity index (χ1v) is 11.2. The van der Waals surface area contributed by atoms with Crippen LogP contribution in [0.1, 0.15) is 41.2 Å². The van der Waals surface area contributed by atoms with E-state index in [9.17, 15) is 9.59 Å². The average Bonchev–Trinajstić information content (AvgIpc) is 3.02. The van der Waals surface area contributed by atoms with Gasteiger partial charge >= 0.3 is 0 Å². The summed E-state index contributed by atoms with van der Waals surface area (Å²) >= 11 is 12.3. The lowest BCUT2D eigenvalue weighted by Crippen LogP contribution is -2.30. The zero-order chi connectivity index (χ0) is 23.4. The van der Waals surface area contributed by atoms with Crippen LogP contribution in [-0.4, -0.2) is 39.6 Å². The SMILES string of the molecule is CCN(CC)C(=O)c1cccc(NC(=O)Cc2c(C)nn(-c3ccc(Cl)cc3Cl)c2C)c1. The van der Waals surface area contributed by atoms with Gasteiger partial charge in [-0.25, -0.2) is 4.68 Å². The van der Waals surface area contributed by atoms with Crippen molar-refractivity contribution in [3.05, 3.63) is 75.0 Å². The quantitative estimate of drug-likeness (QED) is 0.496. The second kappa shape index (κ2) is 10.2. The van der Waals surface area contributed by atoms with Crippen molar-refractivity contribution < 1.29 is 9.59 Å². The summed E-state index contributed by atoms with van der Waals surface area (Å²) in [5.41, 5.74) is 4.22. The number of hydrogen-bond donors (Lipinski definition) is 1. The number of nitrogens with zero attached hydrogens (tertiary/aromatic N) is 3. The molecule has 0 aliphatic rings. The van der Waals surface area contributed by atoms with Crippen LogP contribution in [0.25, 0.3) is 5.69 Å². The minimum Gasteiger partial charge on any atom is -0.339 e. The van der Waals surface area contributed by atoms with Gasteiger partial charge in [-0.2, -0.15) is 5.10 Å². The van der Waals surface area contributed by atoms with Gasteiger partial charge in [-0.1, -0.05) is 29.3 Å². The highest BCUT2D eigenvalue weighted by Crippen LogP contribution is 2.27. The molecule has 3 aromatic rings. The summed E-state index contributed by atoms with van der Waals surface area (Å²) < 4.78 is 1.72. The monoisotopic (exact) mass is 472 g/mol. The van der Waals surface area contributed by atoms with Crippen molar-refractivity contribution >= 4 is 40.7 Å². The van der Waals surface area contributed by atoms with Gasteiger partial charge in [0.05, 0.1) is 22.8 Å². The van der Waals surface area contributed by atoms with E-state index < -0.39 is 0 Å². The third kappa shape index (κ3) is 5.14. The number of halogens is 2. The summed E-state index contributed by atoms with van der Waals surface area (Å²) in [5, 5.41) is 8.48. The molecule has 0 bridgehead atoms. The Hall–Kier alpha value is -2.83. The van der Waals surface area contributed by atoms with Crippen LogP contribution in [0, 0.1) is 13.8 Å². The number of hydrogen-bond acceptors (Lipinski definition) is 3. The molecule has 2 aromatic carbocycles. The van der Waals surface area contributed by atoms with Gasteiger partial charge in [0.2, 0.25) is 5.91 Å². The number of nitrogens with one attached hydrogen (secondary N) is 1. The summed E-state index contributed by atoms with van der Waals surface area (Å²) in [6.07, 6.45) is 0.150. The van der Waals surface area contributed by atoms with Crippen LogP contribution in [-0.2, 0) is 11.2 Å². The van der Waals surface area contributed by atoms with Crippen LogP contribution >= 0.6 is 23.2 Å². The molecule has 8 heteroatoms. The molecule has 1 heterocycles. The van der Waals surface area contributed by atoms with Gasteiger partial charge < -0.3 is 10.2 Å². The molecule has 32 heavy (non-hydrogen) atoms. The van der Waals surface area contributed by atoms with E-state index in [0.717, 1.165) is 17.0 Å². The molecule has 6 nitrogen and oxygen atoms in total. The van der Waals surface area contributed by atoms with E-state index in [-0.39, 0.29) is 18.2 Å². The molecular formula is C24H26Cl2N4O2. The maximum atomic E-state index is 12.8. The average molecular weight is 473 g/mol. The Bertz CT molecular complexity index is 1150. The molecule has 1 aromatic heterocycles. The smallest absolute Gasteiger partial charge is 0.253 e. The maximum Gasteiger partial charge on any atom is 0.253 e. The van der Waals surface area contributed by atoms with E-state index in [4.69, 9.17) is 23.2 Å². The number of carbonyl (C=O) groups is 2. The topological polar surface area (TPSA) is 67.2 Å². The van der Waals surface area contributed by atoms with Crippen LogP contribution < -0.4 is 5.32 Å². The van der Waals surface area contributed by atoms with E-state index in [1.807, 2.05) is 27.7 Å². The fourth-order valence-corrected chi connectivity index (χ4v) is 4.10. The molecule has 0 aliphatic carbocycles. The van der Waals surface area contributed by atoms with Gasteiger partial charge in [0.15, 0.2) is 0 Å². The van der Waals surface area contributed by atoms with E-state index in [1.165, 1.54) is 0 Å². The molecule has 0 saturated heterocycles. The Kier molecular flexibility index (Phi) is 7.59. The first kappa shape index (κ1) is 23.8. The maximum absolute atomic E-state index is 12.8. The molecule has 0 unspecified atom stereocenters. The van der Waals surface area contributed by atoms with Gasteiger partial charge in [0.25, 0.3) is 5.91 Å². The number of aromatic nitrogens is 2. The highest BCUT2D eigenvalue weighted by atomic mass is 35.5. The van der Waals surface area contributed by atoms with Gasteiger partial charge in [-0.05, 0) is 64.1 Å². The Balaban J connectivity index is 1.78. The largest absolute Gasteiger partial charge is 0.339 e. The van der Waals surface area contributed by atoms with Crippen molar-refractivity contribution in [3.8, 4) is 5.69 Å². The number of carbonyl (C=O) groups excluding carboxylic acids is 2. The van der Waals surface area contributed by atoms with Crippen LogP contribution in [0.5, 0.6) is 0 Å². The van der Waals surface area contributed by atoms with Gasteiger partial charge in [-0.3, -0.25) is 9.59 Å². The second-order valence-corrected chi connectivity index (χ2v) is 8.28. The lowest BCUT2D eigenvalue weighted by molar-refractivity contribution is -0.115. The van der Waals surface area contributed by atoms with Crippen molar-refractivity contribution in [1.29, 1.82) is 0 Å². The predicted octanol–water partition coefficient (Wildman–Crippen LogP) is 5.46. The Labute approximate surface area is 198 Å². The van der Waals surface area contributed by atoms with Crippen molar-refractivity contribution in [1.82, 2.24) is 14.7 Å². The van der Waals surface area contributed by atoms with E-state index in [2.05, 4.69) is 10.4 Å². The zero-order valence-corrected chi connectivity index (χ0v) is 20.1. The Morgan fingerprint density at radius 3 is 2.44 bits per heavy atom. The molecule has 3 rings (SSSR count). The highest BCUT2D eigenvalue weighted by molar-refractivity contribution is 6.35. The highest BCUT2D eigenvalue weighted by Gasteiger charge is 2.18. The molecule has 0 atom stereocenters. The molecule has 0 spiro atoms. The van der Waals surface area contributed by atoms with Gasteiger partial charge in [-0.15, -0.1) is 0 Å². The molecular weight excluding hydrogens is 447 g/mol. The Morgan fingerprint density at radius 2 is 1.78 bits per heavy atom. The minimum absolute atomic E-state index is 0.0566. The lowest BCUT2D eigenvalue weighted by atomic mass is 10.1. The summed E-state index contributed by atoms with van der Waals surface area (Å²) in [5.74, 6) is -0.246.